The fraction of sp³-hybridized carbons (Fsp3) is 0.625. The average Bonchev–Trinajstić information content (AvgIpc) is 1.88. The molecule has 0 atom stereocenters. The van der Waals surface area contributed by atoms with Crippen molar-refractivity contribution in [3.8, 4) is 0 Å². The number of hydrogen-bond donors (Lipinski definition) is 1. The average molecular weight is 156 g/mol. The standard InChI is InChI=1S/C8H16N2O/c1-5-10(6-2)8(11)9-7(3)4/h3,5-6H2,1-2,4H3,(H,9,11). The molecule has 0 heterocycles. The van der Waals surface area contributed by atoms with Crippen LogP contribution in [0.25, 0.3) is 0 Å². The fourth-order valence-corrected chi connectivity index (χ4v) is 0.772. The van der Waals surface area contributed by atoms with Crippen molar-refractivity contribution < 1.29 is 4.79 Å². The highest BCUT2D eigenvalue weighted by Crippen LogP contribution is 1.90. The molecule has 0 fully saturated rings. The highest BCUT2D eigenvalue weighted by atomic mass is 16.2. The van der Waals surface area contributed by atoms with E-state index in [2.05, 4.69) is 11.9 Å². The monoisotopic (exact) mass is 156 g/mol. The molecule has 11 heavy (non-hydrogen) atoms. The number of carbonyl (C=O) groups excluding carboxylic acids is 1. The topological polar surface area (TPSA) is 32.3 Å². The van der Waals surface area contributed by atoms with E-state index in [1.165, 1.54) is 0 Å². The zero-order valence-electron chi connectivity index (χ0n) is 7.48. The number of allylic oxidation sites excluding steroid dienone is 1. The van der Waals surface area contributed by atoms with Gasteiger partial charge in [-0.25, -0.2) is 4.79 Å². The van der Waals surface area contributed by atoms with E-state index in [4.69, 9.17) is 0 Å². The summed E-state index contributed by atoms with van der Waals surface area (Å²) < 4.78 is 0. The second-order valence-corrected chi connectivity index (χ2v) is 2.38. The lowest BCUT2D eigenvalue weighted by Gasteiger charge is -2.18. The van der Waals surface area contributed by atoms with E-state index in [0.29, 0.717) is 5.70 Å². The molecule has 0 rings (SSSR count). The number of nitrogens with zero attached hydrogens (tertiary/aromatic N) is 1. The summed E-state index contributed by atoms with van der Waals surface area (Å²) in [6.07, 6.45) is 0. The molecule has 0 spiro atoms. The van der Waals surface area contributed by atoms with Gasteiger partial charge in [0.2, 0.25) is 0 Å². The Kier molecular flexibility index (Phi) is 4.34. The molecule has 0 radical (unpaired) electrons. The van der Waals surface area contributed by atoms with Crippen molar-refractivity contribution in [1.82, 2.24) is 10.2 Å². The van der Waals surface area contributed by atoms with Crippen LogP contribution < -0.4 is 5.32 Å². The predicted octanol–water partition coefficient (Wildman–Crippen LogP) is 1.57. The number of hydrogen-bond acceptors (Lipinski definition) is 1. The Balaban J connectivity index is 3.89. The van der Waals surface area contributed by atoms with Gasteiger partial charge in [0.25, 0.3) is 0 Å². The Morgan fingerprint density at radius 2 is 1.91 bits per heavy atom. The minimum absolute atomic E-state index is 0.0671. The van der Waals surface area contributed by atoms with Crippen LogP contribution in [0.1, 0.15) is 20.8 Å². The number of nitrogens with one attached hydrogen (secondary N) is 1. The maximum atomic E-state index is 11.2. The van der Waals surface area contributed by atoms with Crippen LogP contribution in [0.3, 0.4) is 0 Å². The third-order valence-electron chi connectivity index (χ3n) is 1.37. The number of urea groups is 1. The van der Waals surface area contributed by atoms with Crippen LogP contribution >= 0.6 is 0 Å². The van der Waals surface area contributed by atoms with Crippen molar-refractivity contribution in [2.24, 2.45) is 0 Å². The van der Waals surface area contributed by atoms with Gasteiger partial charge in [-0.3, -0.25) is 0 Å². The molecule has 0 aliphatic heterocycles. The van der Waals surface area contributed by atoms with Crippen LogP contribution in [0, 0.1) is 0 Å². The Hall–Kier alpha value is -0.990. The Bertz CT molecular complexity index is 150. The Morgan fingerprint density at radius 1 is 1.45 bits per heavy atom. The van der Waals surface area contributed by atoms with Gasteiger partial charge < -0.3 is 10.2 Å². The number of rotatable bonds is 3. The SMILES string of the molecule is C=C(C)NC(=O)N(CC)CC. The summed E-state index contributed by atoms with van der Waals surface area (Å²) >= 11 is 0. The Labute approximate surface area is 68.1 Å². The predicted molar refractivity (Wildman–Crippen MR) is 46.3 cm³/mol. The molecule has 3 heteroatoms. The summed E-state index contributed by atoms with van der Waals surface area (Å²) in [4.78, 5) is 12.9. The first kappa shape index (κ1) is 10.0. The van der Waals surface area contributed by atoms with Crippen molar-refractivity contribution in [3.05, 3.63) is 12.3 Å². The van der Waals surface area contributed by atoms with Gasteiger partial charge in [0.15, 0.2) is 0 Å². The van der Waals surface area contributed by atoms with Gasteiger partial charge in [-0.05, 0) is 20.8 Å². The van der Waals surface area contributed by atoms with Crippen LogP contribution in [-0.4, -0.2) is 24.0 Å². The maximum absolute atomic E-state index is 11.2. The minimum Gasteiger partial charge on any atom is -0.325 e. The van der Waals surface area contributed by atoms with Gasteiger partial charge in [-0.2, -0.15) is 0 Å². The first-order valence-electron chi connectivity index (χ1n) is 3.83. The van der Waals surface area contributed by atoms with E-state index in [1.807, 2.05) is 13.8 Å². The molecule has 64 valence electrons. The van der Waals surface area contributed by atoms with Crippen LogP contribution in [0.5, 0.6) is 0 Å². The molecule has 0 aromatic rings. The smallest absolute Gasteiger partial charge is 0.321 e. The molecule has 0 saturated carbocycles. The molecule has 0 aromatic heterocycles. The van der Waals surface area contributed by atoms with Crippen LogP contribution in [0.15, 0.2) is 12.3 Å². The molecule has 0 saturated heterocycles. The summed E-state index contributed by atoms with van der Waals surface area (Å²) in [5.74, 6) is 0. The highest BCUT2D eigenvalue weighted by molar-refractivity contribution is 5.75. The molecular weight excluding hydrogens is 140 g/mol. The van der Waals surface area contributed by atoms with Gasteiger partial charge in [-0.1, -0.05) is 6.58 Å². The molecule has 0 unspecified atom stereocenters. The summed E-state index contributed by atoms with van der Waals surface area (Å²) in [5.41, 5.74) is 0.682. The summed E-state index contributed by atoms with van der Waals surface area (Å²) in [7, 11) is 0. The minimum atomic E-state index is -0.0671. The van der Waals surface area contributed by atoms with E-state index >= 15 is 0 Å². The van der Waals surface area contributed by atoms with Crippen LogP contribution in [0.4, 0.5) is 4.79 Å². The largest absolute Gasteiger partial charge is 0.325 e. The maximum Gasteiger partial charge on any atom is 0.321 e. The summed E-state index contributed by atoms with van der Waals surface area (Å²) in [6.45, 7) is 10.7. The van der Waals surface area contributed by atoms with Crippen LogP contribution in [-0.2, 0) is 0 Å². The normalized spacial score (nSPS) is 9.00. The second-order valence-electron chi connectivity index (χ2n) is 2.38. The molecule has 2 amide bonds. The molecule has 1 N–H and O–H groups in total. The lowest BCUT2D eigenvalue weighted by molar-refractivity contribution is 0.206. The van der Waals surface area contributed by atoms with E-state index in [1.54, 1.807) is 11.8 Å². The van der Waals surface area contributed by atoms with E-state index in [0.717, 1.165) is 13.1 Å². The Morgan fingerprint density at radius 3 is 2.18 bits per heavy atom. The number of amides is 2. The van der Waals surface area contributed by atoms with E-state index in [9.17, 15) is 4.79 Å². The highest BCUT2D eigenvalue weighted by Gasteiger charge is 2.06. The second kappa shape index (κ2) is 4.77. The third kappa shape index (κ3) is 3.65. The van der Waals surface area contributed by atoms with Crippen molar-refractivity contribution in [3.63, 3.8) is 0 Å². The number of carbonyl (C=O) groups is 1. The molecule has 0 aromatic carbocycles. The van der Waals surface area contributed by atoms with Crippen molar-refractivity contribution in [2.45, 2.75) is 20.8 Å². The van der Waals surface area contributed by atoms with Gasteiger partial charge in [-0.15, -0.1) is 0 Å². The molecule has 0 bridgehead atoms. The quantitative estimate of drug-likeness (QED) is 0.661. The van der Waals surface area contributed by atoms with E-state index in [-0.39, 0.29) is 6.03 Å². The first-order chi connectivity index (χ1) is 5.11. The summed E-state index contributed by atoms with van der Waals surface area (Å²) in [6, 6.07) is -0.0671. The summed E-state index contributed by atoms with van der Waals surface area (Å²) in [5, 5.41) is 2.64. The van der Waals surface area contributed by atoms with Gasteiger partial charge in [0, 0.05) is 18.8 Å². The lowest BCUT2D eigenvalue weighted by Crippen LogP contribution is -2.38. The van der Waals surface area contributed by atoms with Crippen LogP contribution in [0.2, 0.25) is 0 Å². The molecule has 3 nitrogen and oxygen atoms in total. The first-order valence-corrected chi connectivity index (χ1v) is 3.83. The van der Waals surface area contributed by atoms with Crippen molar-refractivity contribution >= 4 is 6.03 Å². The van der Waals surface area contributed by atoms with E-state index < -0.39 is 0 Å². The zero-order valence-corrected chi connectivity index (χ0v) is 7.48. The van der Waals surface area contributed by atoms with Crippen molar-refractivity contribution in [2.75, 3.05) is 13.1 Å². The van der Waals surface area contributed by atoms with Gasteiger partial charge in [0.05, 0.1) is 0 Å². The molecule has 0 aliphatic rings. The van der Waals surface area contributed by atoms with Gasteiger partial charge in [0.1, 0.15) is 0 Å². The van der Waals surface area contributed by atoms with Crippen molar-refractivity contribution in [1.29, 1.82) is 0 Å². The third-order valence-corrected chi connectivity index (χ3v) is 1.37. The molecular formula is C8H16N2O. The fourth-order valence-electron chi connectivity index (χ4n) is 0.772. The molecule has 0 aliphatic carbocycles. The van der Waals surface area contributed by atoms with Gasteiger partial charge >= 0.3 is 6.03 Å². The zero-order chi connectivity index (χ0) is 8.85. The lowest BCUT2D eigenvalue weighted by atomic mass is 10.5.